The van der Waals surface area contributed by atoms with Gasteiger partial charge in [-0.25, -0.2) is 0 Å². The molecule has 112 valence electrons. The van der Waals surface area contributed by atoms with Crippen molar-refractivity contribution >= 4 is 23.7 Å². The van der Waals surface area contributed by atoms with E-state index in [-0.39, 0.29) is 17.3 Å². The molecule has 6 nitrogen and oxygen atoms in total. The number of carboxylic acid groups (broad SMARTS) is 1. The number of thioether (sulfide) groups is 1. The molecule has 1 aliphatic heterocycles. The highest BCUT2D eigenvalue weighted by Crippen LogP contribution is 2.35. The lowest BCUT2D eigenvalue weighted by Gasteiger charge is -2.33. The van der Waals surface area contributed by atoms with E-state index >= 15 is 0 Å². The molecule has 1 N–H and O–H groups in total. The van der Waals surface area contributed by atoms with Gasteiger partial charge in [-0.05, 0) is 40.5 Å². The van der Waals surface area contributed by atoms with Crippen molar-refractivity contribution in [2.75, 3.05) is 17.2 Å². The largest absolute Gasteiger partial charge is 0.481 e. The first-order valence-electron chi connectivity index (χ1n) is 6.90. The Bertz CT molecular complexity index is 499. The van der Waals surface area contributed by atoms with Gasteiger partial charge in [0.15, 0.2) is 5.16 Å². The summed E-state index contributed by atoms with van der Waals surface area (Å²) in [7, 11) is 0. The van der Waals surface area contributed by atoms with Crippen LogP contribution in [0.4, 0.5) is 5.95 Å². The van der Waals surface area contributed by atoms with Crippen molar-refractivity contribution in [3.05, 3.63) is 0 Å². The molecular formula is C13H22N4O2S. The zero-order valence-electron chi connectivity index (χ0n) is 12.5. The van der Waals surface area contributed by atoms with Crippen LogP contribution in [0.1, 0.15) is 46.6 Å². The summed E-state index contributed by atoms with van der Waals surface area (Å²) >= 11 is 1.23. The average molecular weight is 298 g/mol. The van der Waals surface area contributed by atoms with Crippen molar-refractivity contribution in [1.29, 1.82) is 0 Å². The Hall–Kier alpha value is -1.24. The quantitative estimate of drug-likeness (QED) is 0.842. The molecule has 2 rings (SSSR count). The van der Waals surface area contributed by atoms with Crippen LogP contribution in [0.2, 0.25) is 0 Å². The molecule has 0 unspecified atom stereocenters. The van der Waals surface area contributed by atoms with Gasteiger partial charge in [0.2, 0.25) is 5.95 Å². The summed E-state index contributed by atoms with van der Waals surface area (Å²) in [4.78, 5) is 13.0. The molecule has 0 saturated carbocycles. The second-order valence-electron chi connectivity index (χ2n) is 6.00. The second-order valence-corrected chi connectivity index (χ2v) is 6.94. The first-order chi connectivity index (χ1) is 9.33. The number of carboxylic acids is 1. The Morgan fingerprint density at radius 2 is 2.15 bits per heavy atom. The van der Waals surface area contributed by atoms with Gasteiger partial charge in [0.1, 0.15) is 0 Å². The molecule has 1 aromatic rings. The van der Waals surface area contributed by atoms with Gasteiger partial charge >= 0.3 is 5.97 Å². The Morgan fingerprint density at radius 1 is 1.45 bits per heavy atom. The zero-order chi connectivity index (χ0) is 14.9. The number of aliphatic carboxylic acids is 1. The van der Waals surface area contributed by atoms with E-state index in [4.69, 9.17) is 5.11 Å². The van der Waals surface area contributed by atoms with E-state index in [1.807, 2.05) is 4.57 Å². The Kier molecular flexibility index (Phi) is 4.27. The number of hydrogen-bond acceptors (Lipinski definition) is 5. The third kappa shape index (κ3) is 2.92. The lowest BCUT2D eigenvalue weighted by molar-refractivity contribution is -0.133. The molecule has 0 amide bonds. The summed E-state index contributed by atoms with van der Waals surface area (Å²) in [5.74, 6) is 0.0283. The van der Waals surface area contributed by atoms with E-state index in [2.05, 4.69) is 42.8 Å². The van der Waals surface area contributed by atoms with Gasteiger partial charge in [0.05, 0.1) is 5.75 Å². The first kappa shape index (κ1) is 15.2. The summed E-state index contributed by atoms with van der Waals surface area (Å²) in [5, 5.41) is 18.0. The third-order valence-corrected chi connectivity index (χ3v) is 4.56. The lowest BCUT2D eigenvalue weighted by atomic mass is 10.0. The fraction of sp³-hybridized carbons (Fsp3) is 0.769. The first-order valence-corrected chi connectivity index (χ1v) is 7.88. The highest BCUT2D eigenvalue weighted by molar-refractivity contribution is 7.99. The van der Waals surface area contributed by atoms with Gasteiger partial charge in [0, 0.05) is 18.1 Å². The van der Waals surface area contributed by atoms with E-state index in [1.165, 1.54) is 11.8 Å². The van der Waals surface area contributed by atoms with Crippen molar-refractivity contribution in [1.82, 2.24) is 14.8 Å². The predicted molar refractivity (Wildman–Crippen MR) is 79.4 cm³/mol. The maximum atomic E-state index is 10.7. The molecule has 0 atom stereocenters. The molecular weight excluding hydrogens is 276 g/mol. The van der Waals surface area contributed by atoms with Gasteiger partial charge in [-0.1, -0.05) is 11.8 Å². The van der Waals surface area contributed by atoms with Gasteiger partial charge in [-0.15, -0.1) is 10.2 Å². The summed E-state index contributed by atoms with van der Waals surface area (Å²) in [6.45, 7) is 9.54. The van der Waals surface area contributed by atoms with E-state index in [9.17, 15) is 4.79 Å². The summed E-state index contributed by atoms with van der Waals surface area (Å²) in [5.41, 5.74) is 0.0778. The smallest absolute Gasteiger partial charge is 0.313 e. The topological polar surface area (TPSA) is 71.2 Å². The minimum atomic E-state index is -0.837. The van der Waals surface area contributed by atoms with Crippen LogP contribution in [0.25, 0.3) is 0 Å². The van der Waals surface area contributed by atoms with E-state index in [0.29, 0.717) is 5.16 Å². The number of aromatic nitrogens is 3. The van der Waals surface area contributed by atoms with Crippen LogP contribution in [0, 0.1) is 0 Å². The molecule has 1 aromatic heterocycles. The average Bonchev–Trinajstić information content (AvgIpc) is 2.88. The molecule has 0 radical (unpaired) electrons. The molecule has 7 heteroatoms. The zero-order valence-corrected chi connectivity index (χ0v) is 13.3. The molecule has 0 spiro atoms. The molecule has 0 aromatic carbocycles. The maximum Gasteiger partial charge on any atom is 0.313 e. The highest BCUT2D eigenvalue weighted by Gasteiger charge is 2.36. The van der Waals surface area contributed by atoms with E-state index in [1.54, 1.807) is 0 Å². The van der Waals surface area contributed by atoms with Crippen LogP contribution >= 0.6 is 11.8 Å². The van der Waals surface area contributed by atoms with Crippen LogP contribution in [0.15, 0.2) is 5.16 Å². The molecule has 0 aliphatic carbocycles. The van der Waals surface area contributed by atoms with Gasteiger partial charge in [-0.2, -0.15) is 0 Å². The van der Waals surface area contributed by atoms with E-state index in [0.717, 1.165) is 25.3 Å². The minimum absolute atomic E-state index is 0.00818. The molecule has 0 bridgehead atoms. The maximum absolute atomic E-state index is 10.7. The van der Waals surface area contributed by atoms with Crippen molar-refractivity contribution in [2.45, 2.75) is 57.3 Å². The van der Waals surface area contributed by atoms with Crippen LogP contribution < -0.4 is 4.90 Å². The van der Waals surface area contributed by atoms with Crippen molar-refractivity contribution in [3.63, 3.8) is 0 Å². The lowest BCUT2D eigenvalue weighted by Crippen LogP contribution is -2.40. The van der Waals surface area contributed by atoms with Gasteiger partial charge in [-0.3, -0.25) is 9.36 Å². The monoisotopic (exact) mass is 298 g/mol. The molecule has 2 heterocycles. The SMILES string of the molecule is CC(C)n1c(SCC(=O)O)nnc1N1CCCC1(C)C. The third-order valence-electron chi connectivity index (χ3n) is 3.63. The van der Waals surface area contributed by atoms with Crippen molar-refractivity contribution in [3.8, 4) is 0 Å². The minimum Gasteiger partial charge on any atom is -0.481 e. The normalized spacial score (nSPS) is 17.9. The number of hydrogen-bond donors (Lipinski definition) is 1. The van der Waals surface area contributed by atoms with Crippen molar-refractivity contribution < 1.29 is 9.90 Å². The summed E-state index contributed by atoms with van der Waals surface area (Å²) in [6.07, 6.45) is 2.28. The molecule has 1 saturated heterocycles. The van der Waals surface area contributed by atoms with Gasteiger partial charge < -0.3 is 10.0 Å². The van der Waals surface area contributed by atoms with Crippen LogP contribution in [-0.2, 0) is 4.79 Å². The fourth-order valence-electron chi connectivity index (χ4n) is 2.61. The van der Waals surface area contributed by atoms with Crippen LogP contribution in [0.3, 0.4) is 0 Å². The van der Waals surface area contributed by atoms with Crippen LogP contribution in [-0.4, -0.2) is 43.7 Å². The van der Waals surface area contributed by atoms with Crippen molar-refractivity contribution in [2.24, 2.45) is 0 Å². The standard InChI is InChI=1S/C13H22N4O2S/c1-9(2)17-11(16-7-5-6-13(16,3)4)14-15-12(17)20-8-10(18)19/h9H,5-8H2,1-4H3,(H,18,19). The molecule has 1 fully saturated rings. The summed E-state index contributed by atoms with van der Waals surface area (Å²) in [6, 6.07) is 0.202. The highest BCUT2D eigenvalue weighted by atomic mass is 32.2. The second kappa shape index (κ2) is 5.63. The number of nitrogens with zero attached hydrogens (tertiary/aromatic N) is 4. The van der Waals surface area contributed by atoms with Gasteiger partial charge in [0.25, 0.3) is 0 Å². The Labute approximate surface area is 123 Å². The Balaban J connectivity index is 2.32. The van der Waals surface area contributed by atoms with Crippen LogP contribution in [0.5, 0.6) is 0 Å². The molecule has 1 aliphatic rings. The fourth-order valence-corrected chi connectivity index (χ4v) is 3.39. The Morgan fingerprint density at radius 3 is 2.65 bits per heavy atom. The number of rotatable bonds is 5. The van der Waals surface area contributed by atoms with E-state index < -0.39 is 5.97 Å². The molecule has 20 heavy (non-hydrogen) atoms. The number of carbonyl (C=O) groups is 1. The predicted octanol–water partition coefficient (Wildman–Crippen LogP) is 2.41. The summed E-state index contributed by atoms with van der Waals surface area (Å²) < 4.78 is 2.04. The number of anilines is 1.